The second kappa shape index (κ2) is 3.82. The monoisotopic (exact) mass is 211 g/mol. The number of nitrogens with one attached hydrogen (secondary N) is 1. The van der Waals surface area contributed by atoms with Gasteiger partial charge < -0.3 is 4.98 Å². The van der Waals surface area contributed by atoms with E-state index in [9.17, 15) is 0 Å². The van der Waals surface area contributed by atoms with E-state index < -0.39 is 0 Å². The summed E-state index contributed by atoms with van der Waals surface area (Å²) in [5.74, 6) is 0.354. The molecule has 1 aromatic carbocycles. The molecule has 0 atom stereocenters. The molecule has 2 rings (SSSR count). The Hall–Kier alpha value is -2.08. The Morgan fingerprint density at radius 2 is 1.94 bits per heavy atom. The van der Waals surface area contributed by atoms with E-state index in [1.54, 1.807) is 6.20 Å². The molecule has 3 nitrogen and oxygen atoms in total. The topological polar surface area (TPSA) is 52.5 Å². The largest absolute Gasteiger partial charge is 0.329 e. The average Bonchev–Trinajstić information content (AvgIpc) is 2.74. The minimum Gasteiger partial charge on any atom is -0.329 e. The normalized spacial score (nSPS) is 10.1. The molecule has 0 aliphatic heterocycles. The molecule has 16 heavy (non-hydrogen) atoms. The summed E-state index contributed by atoms with van der Waals surface area (Å²) in [6.07, 6.45) is 1.70. The van der Waals surface area contributed by atoms with Gasteiger partial charge in [0.1, 0.15) is 6.07 Å². The minimum atomic E-state index is 0.354. The molecule has 0 aliphatic carbocycles. The van der Waals surface area contributed by atoms with Crippen molar-refractivity contribution in [2.24, 2.45) is 0 Å². The van der Waals surface area contributed by atoms with Crippen LogP contribution in [0.3, 0.4) is 0 Å². The highest BCUT2D eigenvalue weighted by Gasteiger charge is 2.08. The predicted molar refractivity (Wildman–Crippen MR) is 62.9 cm³/mol. The summed E-state index contributed by atoms with van der Waals surface area (Å²) >= 11 is 0. The summed E-state index contributed by atoms with van der Waals surface area (Å²) in [5, 5.41) is 8.72. The van der Waals surface area contributed by atoms with Gasteiger partial charge >= 0.3 is 0 Å². The molecule has 0 saturated heterocycles. The van der Waals surface area contributed by atoms with Gasteiger partial charge in [-0.25, -0.2) is 4.98 Å². The van der Waals surface area contributed by atoms with Gasteiger partial charge in [0.05, 0.1) is 11.9 Å². The molecule has 0 radical (unpaired) electrons. The predicted octanol–water partition coefficient (Wildman–Crippen LogP) is 2.87. The molecule has 0 unspecified atom stereocenters. The van der Waals surface area contributed by atoms with Gasteiger partial charge in [0.25, 0.3) is 0 Å². The number of benzene rings is 1. The van der Waals surface area contributed by atoms with Crippen molar-refractivity contribution in [3.05, 3.63) is 40.8 Å². The van der Waals surface area contributed by atoms with Crippen LogP contribution in [0.5, 0.6) is 0 Å². The van der Waals surface area contributed by atoms with Crippen LogP contribution in [0.25, 0.3) is 11.3 Å². The molecule has 2 aromatic rings. The number of nitriles is 1. The highest BCUT2D eigenvalue weighted by atomic mass is 14.9. The minimum absolute atomic E-state index is 0.354. The molecule has 0 aliphatic rings. The highest BCUT2D eigenvalue weighted by Crippen LogP contribution is 2.25. The lowest BCUT2D eigenvalue weighted by Crippen LogP contribution is -1.90. The number of H-pyrrole nitrogens is 1. The van der Waals surface area contributed by atoms with Crippen LogP contribution in [0, 0.1) is 32.1 Å². The fourth-order valence-electron chi connectivity index (χ4n) is 1.76. The van der Waals surface area contributed by atoms with E-state index >= 15 is 0 Å². The summed E-state index contributed by atoms with van der Waals surface area (Å²) in [6.45, 7) is 6.29. The van der Waals surface area contributed by atoms with E-state index in [2.05, 4.69) is 42.9 Å². The Morgan fingerprint density at radius 3 is 2.56 bits per heavy atom. The Morgan fingerprint density at radius 1 is 1.19 bits per heavy atom. The van der Waals surface area contributed by atoms with Gasteiger partial charge in [-0.2, -0.15) is 5.26 Å². The standard InChI is InChI=1S/C13H13N3/c1-8-4-5-11(10(3)9(8)2)12-7-15-13(6-14)16-12/h4-5,7H,1-3H3,(H,15,16). The SMILES string of the molecule is Cc1ccc(-c2cnc(C#N)[nH]2)c(C)c1C. The summed E-state index contributed by atoms with van der Waals surface area (Å²) in [4.78, 5) is 6.98. The third-order valence-electron chi connectivity index (χ3n) is 3.03. The Balaban J connectivity index is 2.57. The van der Waals surface area contributed by atoms with Crippen LogP contribution in [-0.2, 0) is 0 Å². The number of hydrogen-bond donors (Lipinski definition) is 1. The van der Waals surface area contributed by atoms with Crippen LogP contribution < -0.4 is 0 Å². The lowest BCUT2D eigenvalue weighted by molar-refractivity contribution is 1.22. The van der Waals surface area contributed by atoms with Crippen molar-refractivity contribution in [2.75, 3.05) is 0 Å². The van der Waals surface area contributed by atoms with Gasteiger partial charge in [0.2, 0.25) is 5.82 Å². The van der Waals surface area contributed by atoms with E-state index in [0.29, 0.717) is 5.82 Å². The van der Waals surface area contributed by atoms with Crippen molar-refractivity contribution >= 4 is 0 Å². The van der Waals surface area contributed by atoms with Gasteiger partial charge in [-0.1, -0.05) is 12.1 Å². The first-order valence-electron chi connectivity index (χ1n) is 5.15. The zero-order valence-corrected chi connectivity index (χ0v) is 9.63. The number of rotatable bonds is 1. The molecule has 0 spiro atoms. The van der Waals surface area contributed by atoms with Gasteiger partial charge in [-0.15, -0.1) is 0 Å². The van der Waals surface area contributed by atoms with Crippen LogP contribution in [0.4, 0.5) is 0 Å². The van der Waals surface area contributed by atoms with Crippen molar-refractivity contribution in [3.8, 4) is 17.3 Å². The van der Waals surface area contributed by atoms with E-state index in [1.165, 1.54) is 16.7 Å². The number of aryl methyl sites for hydroxylation is 1. The van der Waals surface area contributed by atoms with Crippen LogP contribution in [0.15, 0.2) is 18.3 Å². The van der Waals surface area contributed by atoms with Gasteiger partial charge in [0.15, 0.2) is 0 Å². The third-order valence-corrected chi connectivity index (χ3v) is 3.03. The average molecular weight is 211 g/mol. The number of aromatic amines is 1. The fourth-order valence-corrected chi connectivity index (χ4v) is 1.76. The van der Waals surface area contributed by atoms with E-state index in [0.717, 1.165) is 11.3 Å². The summed E-state index contributed by atoms with van der Waals surface area (Å²) in [7, 11) is 0. The summed E-state index contributed by atoms with van der Waals surface area (Å²) in [5.41, 5.74) is 5.80. The maximum Gasteiger partial charge on any atom is 0.210 e. The van der Waals surface area contributed by atoms with Crippen molar-refractivity contribution < 1.29 is 0 Å². The molecule has 3 heteroatoms. The first kappa shape index (κ1) is 10.4. The van der Waals surface area contributed by atoms with E-state index in [4.69, 9.17) is 5.26 Å². The number of hydrogen-bond acceptors (Lipinski definition) is 2. The van der Waals surface area contributed by atoms with Gasteiger partial charge in [-0.3, -0.25) is 0 Å². The van der Waals surface area contributed by atoms with Gasteiger partial charge in [-0.05, 0) is 37.5 Å². The first-order valence-corrected chi connectivity index (χ1v) is 5.15. The fraction of sp³-hybridized carbons (Fsp3) is 0.231. The van der Waals surface area contributed by atoms with Crippen LogP contribution in [0.1, 0.15) is 22.5 Å². The maximum atomic E-state index is 8.72. The lowest BCUT2D eigenvalue weighted by atomic mass is 9.97. The van der Waals surface area contributed by atoms with Crippen LogP contribution in [0.2, 0.25) is 0 Å². The quantitative estimate of drug-likeness (QED) is 0.788. The molecule has 0 saturated carbocycles. The second-order valence-electron chi connectivity index (χ2n) is 3.94. The summed E-state index contributed by atoms with van der Waals surface area (Å²) < 4.78 is 0. The molecule has 0 bridgehead atoms. The molecule has 80 valence electrons. The number of aromatic nitrogens is 2. The smallest absolute Gasteiger partial charge is 0.210 e. The molecule has 0 amide bonds. The zero-order chi connectivity index (χ0) is 11.7. The molecule has 0 fully saturated rings. The first-order chi connectivity index (χ1) is 7.63. The van der Waals surface area contributed by atoms with Crippen molar-refractivity contribution in [1.29, 1.82) is 5.26 Å². The van der Waals surface area contributed by atoms with Crippen LogP contribution in [-0.4, -0.2) is 9.97 Å². The van der Waals surface area contributed by atoms with Crippen molar-refractivity contribution in [3.63, 3.8) is 0 Å². The highest BCUT2D eigenvalue weighted by molar-refractivity contribution is 5.65. The van der Waals surface area contributed by atoms with Gasteiger partial charge in [0, 0.05) is 5.56 Å². The molecular weight excluding hydrogens is 198 g/mol. The summed E-state index contributed by atoms with van der Waals surface area (Å²) in [6, 6.07) is 6.15. The van der Waals surface area contributed by atoms with E-state index in [-0.39, 0.29) is 0 Å². The zero-order valence-electron chi connectivity index (χ0n) is 9.63. The molecule has 1 aromatic heterocycles. The Kier molecular flexibility index (Phi) is 2.49. The number of nitrogens with zero attached hydrogens (tertiary/aromatic N) is 2. The number of imidazole rings is 1. The molecular formula is C13H13N3. The van der Waals surface area contributed by atoms with Crippen LogP contribution >= 0.6 is 0 Å². The van der Waals surface area contributed by atoms with Crippen molar-refractivity contribution in [1.82, 2.24) is 9.97 Å². The lowest BCUT2D eigenvalue weighted by Gasteiger charge is -2.09. The Bertz CT molecular complexity index is 573. The van der Waals surface area contributed by atoms with E-state index in [1.807, 2.05) is 6.07 Å². The van der Waals surface area contributed by atoms with Crippen molar-refractivity contribution in [2.45, 2.75) is 20.8 Å². The molecule has 1 N–H and O–H groups in total. The maximum absolute atomic E-state index is 8.72. The second-order valence-corrected chi connectivity index (χ2v) is 3.94. The molecule has 1 heterocycles. The third kappa shape index (κ3) is 1.59. The Labute approximate surface area is 94.8 Å².